The lowest BCUT2D eigenvalue weighted by atomic mass is 10.1. The van der Waals surface area contributed by atoms with Crippen LogP contribution in [0, 0.1) is 12.7 Å². The number of hydrogen-bond donors (Lipinski definition) is 2. The monoisotopic (exact) mass is 324 g/mol. The molecule has 24 heavy (non-hydrogen) atoms. The first-order valence-corrected chi connectivity index (χ1v) is 7.63. The van der Waals surface area contributed by atoms with Gasteiger partial charge in [-0.15, -0.1) is 0 Å². The smallest absolute Gasteiger partial charge is 0.225 e. The second-order valence-electron chi connectivity index (χ2n) is 5.48. The van der Waals surface area contributed by atoms with Crippen molar-refractivity contribution in [1.29, 1.82) is 0 Å². The third-order valence-corrected chi connectivity index (χ3v) is 3.79. The molecule has 3 aromatic rings. The fraction of sp³-hybridized carbons (Fsp3) is 0.167. The molecule has 0 saturated carbocycles. The van der Waals surface area contributed by atoms with Gasteiger partial charge in [0.15, 0.2) is 5.82 Å². The number of carbonyl (C=O) groups excluding carboxylic acids is 1. The summed E-state index contributed by atoms with van der Waals surface area (Å²) in [5.74, 6) is 0.111. The van der Waals surface area contributed by atoms with Crippen LogP contribution in [0.1, 0.15) is 17.5 Å². The van der Waals surface area contributed by atoms with Crippen LogP contribution < -0.4 is 5.32 Å². The summed E-state index contributed by atoms with van der Waals surface area (Å²) in [5, 5.41) is 9.92. The fourth-order valence-electron chi connectivity index (χ4n) is 2.42. The van der Waals surface area contributed by atoms with Gasteiger partial charge in [0.2, 0.25) is 5.91 Å². The van der Waals surface area contributed by atoms with Crippen molar-refractivity contribution in [2.45, 2.75) is 19.8 Å². The lowest BCUT2D eigenvalue weighted by Gasteiger charge is -2.04. The van der Waals surface area contributed by atoms with Crippen LogP contribution in [-0.4, -0.2) is 21.1 Å². The molecule has 0 unspecified atom stereocenters. The fourth-order valence-corrected chi connectivity index (χ4v) is 2.42. The molecule has 0 spiro atoms. The van der Waals surface area contributed by atoms with Crippen LogP contribution >= 0.6 is 0 Å². The Morgan fingerprint density at radius 3 is 2.58 bits per heavy atom. The average Bonchev–Trinajstić information content (AvgIpc) is 2.96. The van der Waals surface area contributed by atoms with Crippen molar-refractivity contribution in [3.63, 3.8) is 0 Å². The molecule has 3 rings (SSSR count). The Morgan fingerprint density at radius 1 is 1.17 bits per heavy atom. The number of amides is 1. The molecular weight excluding hydrogens is 307 g/mol. The van der Waals surface area contributed by atoms with E-state index in [1.165, 1.54) is 12.1 Å². The summed E-state index contributed by atoms with van der Waals surface area (Å²) in [6.07, 6.45) is 4.27. The van der Waals surface area contributed by atoms with Gasteiger partial charge in [0.25, 0.3) is 0 Å². The van der Waals surface area contributed by atoms with Crippen molar-refractivity contribution >= 4 is 11.7 Å². The lowest BCUT2D eigenvalue weighted by Crippen LogP contribution is -2.13. The number of aryl methyl sites for hydroxylation is 1. The number of halogens is 1. The van der Waals surface area contributed by atoms with E-state index in [4.69, 9.17) is 0 Å². The van der Waals surface area contributed by atoms with Crippen LogP contribution in [0.2, 0.25) is 0 Å². The Bertz CT molecular complexity index is 828. The number of aromatic amines is 1. The minimum Gasteiger partial charge on any atom is -0.309 e. The average molecular weight is 324 g/mol. The normalized spacial score (nSPS) is 10.6. The van der Waals surface area contributed by atoms with Crippen molar-refractivity contribution in [2.75, 3.05) is 5.32 Å². The maximum absolute atomic E-state index is 12.9. The maximum Gasteiger partial charge on any atom is 0.225 e. The highest BCUT2D eigenvalue weighted by molar-refractivity contribution is 5.91. The summed E-state index contributed by atoms with van der Waals surface area (Å²) in [6, 6.07) is 9.91. The number of nitrogens with zero attached hydrogens (tertiary/aromatic N) is 2. The number of pyridine rings is 1. The third kappa shape index (κ3) is 3.65. The molecule has 0 aliphatic heterocycles. The van der Waals surface area contributed by atoms with E-state index in [9.17, 15) is 9.18 Å². The van der Waals surface area contributed by atoms with E-state index < -0.39 is 0 Å². The zero-order chi connectivity index (χ0) is 16.9. The van der Waals surface area contributed by atoms with Crippen LogP contribution in [-0.2, 0) is 11.2 Å². The predicted octanol–water partition coefficient (Wildman–Crippen LogP) is 3.49. The van der Waals surface area contributed by atoms with Gasteiger partial charge >= 0.3 is 0 Å². The number of aromatic nitrogens is 3. The molecule has 2 aromatic heterocycles. The van der Waals surface area contributed by atoms with E-state index in [1.807, 2.05) is 19.1 Å². The molecular formula is C18H17FN4O. The molecule has 0 fully saturated rings. The number of hydrogen-bond acceptors (Lipinski definition) is 3. The third-order valence-electron chi connectivity index (χ3n) is 3.79. The summed E-state index contributed by atoms with van der Waals surface area (Å²) >= 11 is 0. The standard InChI is InChI=1S/C18H17FN4O/c1-12-17(14-8-10-20-11-9-14)22-23-18(12)21-16(24)7-4-13-2-5-15(19)6-3-13/h2-3,5-6,8-11H,4,7H2,1H3,(H2,21,22,23,24). The summed E-state index contributed by atoms with van der Waals surface area (Å²) in [4.78, 5) is 16.1. The van der Waals surface area contributed by atoms with E-state index in [-0.39, 0.29) is 11.7 Å². The van der Waals surface area contributed by atoms with Gasteiger partial charge in [-0.25, -0.2) is 4.39 Å². The van der Waals surface area contributed by atoms with Crippen molar-refractivity contribution < 1.29 is 9.18 Å². The van der Waals surface area contributed by atoms with Crippen molar-refractivity contribution in [2.24, 2.45) is 0 Å². The number of rotatable bonds is 5. The van der Waals surface area contributed by atoms with E-state index in [2.05, 4.69) is 20.5 Å². The van der Waals surface area contributed by atoms with Crippen molar-refractivity contribution in [1.82, 2.24) is 15.2 Å². The van der Waals surface area contributed by atoms with Crippen LogP contribution in [0.4, 0.5) is 10.2 Å². The topological polar surface area (TPSA) is 70.7 Å². The summed E-state index contributed by atoms with van der Waals surface area (Å²) < 4.78 is 12.9. The van der Waals surface area contributed by atoms with Gasteiger partial charge in [0.1, 0.15) is 5.82 Å². The SMILES string of the molecule is Cc1c(NC(=O)CCc2ccc(F)cc2)n[nH]c1-c1ccncc1. The maximum atomic E-state index is 12.9. The molecule has 0 radical (unpaired) electrons. The number of H-pyrrole nitrogens is 1. The minimum absolute atomic E-state index is 0.129. The van der Waals surface area contributed by atoms with Crippen LogP contribution in [0.25, 0.3) is 11.3 Å². The first kappa shape index (κ1) is 15.9. The van der Waals surface area contributed by atoms with E-state index in [1.54, 1.807) is 24.5 Å². The number of nitrogens with one attached hydrogen (secondary N) is 2. The molecule has 122 valence electrons. The van der Waals surface area contributed by atoms with E-state index in [0.717, 1.165) is 22.4 Å². The second-order valence-corrected chi connectivity index (χ2v) is 5.48. The lowest BCUT2D eigenvalue weighted by molar-refractivity contribution is -0.116. The minimum atomic E-state index is -0.279. The summed E-state index contributed by atoms with van der Waals surface area (Å²) in [6.45, 7) is 1.90. The first-order chi connectivity index (χ1) is 11.6. The van der Waals surface area contributed by atoms with Crippen LogP contribution in [0.15, 0.2) is 48.8 Å². The van der Waals surface area contributed by atoms with Gasteiger partial charge in [-0.3, -0.25) is 14.9 Å². The molecule has 1 amide bonds. The molecule has 0 atom stereocenters. The molecule has 2 heterocycles. The van der Waals surface area contributed by atoms with Crippen LogP contribution in [0.3, 0.4) is 0 Å². The van der Waals surface area contributed by atoms with Gasteiger partial charge < -0.3 is 5.32 Å². The molecule has 2 N–H and O–H groups in total. The van der Waals surface area contributed by atoms with Gasteiger partial charge in [-0.05, 0) is 43.2 Å². The molecule has 5 nitrogen and oxygen atoms in total. The number of benzene rings is 1. The largest absolute Gasteiger partial charge is 0.309 e. The summed E-state index contributed by atoms with van der Waals surface area (Å²) in [7, 11) is 0. The Kier molecular flexibility index (Phi) is 4.65. The van der Waals surface area contributed by atoms with Crippen molar-refractivity contribution in [3.8, 4) is 11.3 Å². The number of carbonyl (C=O) groups is 1. The molecule has 0 saturated heterocycles. The van der Waals surface area contributed by atoms with Gasteiger partial charge in [0, 0.05) is 29.9 Å². The Labute approximate surface area is 138 Å². The van der Waals surface area contributed by atoms with Gasteiger partial charge in [0.05, 0.1) is 5.69 Å². The quantitative estimate of drug-likeness (QED) is 0.755. The van der Waals surface area contributed by atoms with Gasteiger partial charge in [-0.2, -0.15) is 5.10 Å². The zero-order valence-corrected chi connectivity index (χ0v) is 13.2. The molecule has 0 aliphatic rings. The highest BCUT2D eigenvalue weighted by Gasteiger charge is 2.13. The second kappa shape index (κ2) is 7.04. The predicted molar refractivity (Wildman–Crippen MR) is 89.9 cm³/mol. The van der Waals surface area contributed by atoms with E-state index >= 15 is 0 Å². The molecule has 1 aromatic carbocycles. The van der Waals surface area contributed by atoms with E-state index in [0.29, 0.717) is 18.7 Å². The molecule has 6 heteroatoms. The van der Waals surface area contributed by atoms with Crippen LogP contribution in [0.5, 0.6) is 0 Å². The Balaban J connectivity index is 1.63. The zero-order valence-electron chi connectivity index (χ0n) is 13.2. The highest BCUT2D eigenvalue weighted by Crippen LogP contribution is 2.25. The van der Waals surface area contributed by atoms with Crippen molar-refractivity contribution in [3.05, 3.63) is 65.7 Å². The molecule has 0 aliphatic carbocycles. The summed E-state index contributed by atoms with van der Waals surface area (Å²) in [5.41, 5.74) is 3.60. The highest BCUT2D eigenvalue weighted by atomic mass is 19.1. The Morgan fingerprint density at radius 2 is 1.88 bits per heavy atom. The first-order valence-electron chi connectivity index (χ1n) is 7.63. The molecule has 0 bridgehead atoms. The number of anilines is 1. The van der Waals surface area contributed by atoms with Gasteiger partial charge in [-0.1, -0.05) is 12.1 Å². The Hall–Kier alpha value is -3.02.